The minimum atomic E-state index is -0.321. The van der Waals surface area contributed by atoms with Gasteiger partial charge in [0.2, 0.25) is 0 Å². The van der Waals surface area contributed by atoms with Crippen molar-refractivity contribution in [1.29, 1.82) is 0 Å². The zero-order chi connectivity index (χ0) is 11.3. The third-order valence-corrected chi connectivity index (χ3v) is 2.64. The van der Waals surface area contributed by atoms with Crippen LogP contribution in [0.5, 0.6) is 0 Å². The van der Waals surface area contributed by atoms with Crippen LogP contribution in [0, 0.1) is 0 Å². The van der Waals surface area contributed by atoms with Crippen LogP contribution in [-0.4, -0.2) is 37.4 Å². The molecule has 2 N–H and O–H groups in total. The van der Waals surface area contributed by atoms with Crippen LogP contribution in [0.1, 0.15) is 26.7 Å². The maximum atomic E-state index is 10.9. The van der Waals surface area contributed by atoms with Gasteiger partial charge >= 0.3 is 0 Å². The molecule has 0 spiro atoms. The molecule has 0 amide bonds. The van der Waals surface area contributed by atoms with Crippen molar-refractivity contribution in [2.75, 3.05) is 13.2 Å². The lowest BCUT2D eigenvalue weighted by Crippen LogP contribution is -2.46. The van der Waals surface area contributed by atoms with E-state index in [1.54, 1.807) is 0 Å². The van der Waals surface area contributed by atoms with E-state index >= 15 is 0 Å². The number of nitrogens with two attached hydrogens (primary N) is 1. The first-order chi connectivity index (χ1) is 7.24. The highest BCUT2D eigenvalue weighted by Gasteiger charge is 2.35. The van der Waals surface area contributed by atoms with E-state index in [0.29, 0.717) is 18.8 Å². The normalized spacial score (nSPS) is 31.4. The Morgan fingerprint density at radius 1 is 1.33 bits per heavy atom. The molecule has 15 heavy (non-hydrogen) atoms. The summed E-state index contributed by atoms with van der Waals surface area (Å²) in [7, 11) is 0. The maximum absolute atomic E-state index is 10.9. The van der Waals surface area contributed by atoms with E-state index in [4.69, 9.17) is 15.2 Å². The van der Waals surface area contributed by atoms with Gasteiger partial charge in [-0.1, -0.05) is 0 Å². The fraction of sp³-hybridized carbons (Fsp3) is 0.818. The fourth-order valence-electron chi connectivity index (χ4n) is 1.96. The van der Waals surface area contributed by atoms with Crippen molar-refractivity contribution in [3.05, 3.63) is 5.57 Å². The zero-order valence-electron chi connectivity index (χ0n) is 9.36. The van der Waals surface area contributed by atoms with Crippen LogP contribution in [0.15, 0.2) is 5.57 Å². The molecule has 0 bridgehead atoms. The van der Waals surface area contributed by atoms with Crippen molar-refractivity contribution in [3.63, 3.8) is 0 Å². The largest absolute Gasteiger partial charge is 0.373 e. The summed E-state index contributed by atoms with van der Waals surface area (Å²) in [5.41, 5.74) is 6.45. The van der Waals surface area contributed by atoms with Crippen LogP contribution in [0.2, 0.25) is 0 Å². The third-order valence-electron chi connectivity index (χ3n) is 2.64. The van der Waals surface area contributed by atoms with Gasteiger partial charge in [-0.2, -0.15) is 0 Å². The predicted molar refractivity (Wildman–Crippen MR) is 57.2 cm³/mol. The molecule has 0 aromatic heterocycles. The van der Waals surface area contributed by atoms with Crippen LogP contribution in [0.25, 0.3) is 0 Å². The van der Waals surface area contributed by atoms with Gasteiger partial charge in [-0.05, 0) is 26.7 Å². The molecule has 0 saturated heterocycles. The molecule has 0 heterocycles. The Hall–Kier alpha value is -0.670. The van der Waals surface area contributed by atoms with E-state index in [9.17, 15) is 4.79 Å². The van der Waals surface area contributed by atoms with Crippen LogP contribution >= 0.6 is 0 Å². The molecule has 1 fully saturated rings. The Kier molecular flexibility index (Phi) is 4.99. The van der Waals surface area contributed by atoms with E-state index in [1.165, 1.54) is 0 Å². The highest BCUT2D eigenvalue weighted by atomic mass is 16.5. The predicted octanol–water partition coefficient (Wildman–Crippen LogP) is 0.676. The van der Waals surface area contributed by atoms with E-state index in [1.807, 2.05) is 19.8 Å². The van der Waals surface area contributed by atoms with Gasteiger partial charge in [0.15, 0.2) is 0 Å². The Morgan fingerprint density at radius 3 is 2.53 bits per heavy atom. The number of hydrogen-bond acceptors (Lipinski definition) is 4. The summed E-state index contributed by atoms with van der Waals surface area (Å²) in [4.78, 5) is 10.9. The molecule has 3 atom stereocenters. The van der Waals surface area contributed by atoms with Crippen LogP contribution < -0.4 is 5.73 Å². The first kappa shape index (κ1) is 12.4. The van der Waals surface area contributed by atoms with E-state index < -0.39 is 0 Å². The van der Waals surface area contributed by atoms with E-state index in [0.717, 1.165) is 12.8 Å². The smallest absolute Gasteiger partial charge is 0.129 e. The topological polar surface area (TPSA) is 61.6 Å². The first-order valence-corrected chi connectivity index (χ1v) is 5.48. The average molecular weight is 213 g/mol. The lowest BCUT2D eigenvalue weighted by Gasteiger charge is -2.34. The van der Waals surface area contributed by atoms with Gasteiger partial charge in [-0.15, -0.1) is 0 Å². The van der Waals surface area contributed by atoms with Gasteiger partial charge in [0.25, 0.3) is 0 Å². The zero-order valence-corrected chi connectivity index (χ0v) is 9.36. The molecule has 1 aliphatic rings. The number of rotatable bonds is 4. The molecule has 0 aromatic rings. The van der Waals surface area contributed by atoms with E-state index in [-0.39, 0.29) is 18.2 Å². The monoisotopic (exact) mass is 213 g/mol. The van der Waals surface area contributed by atoms with Crippen molar-refractivity contribution in [2.45, 2.75) is 44.9 Å². The second kappa shape index (κ2) is 6.03. The van der Waals surface area contributed by atoms with E-state index in [2.05, 4.69) is 0 Å². The van der Waals surface area contributed by atoms with Gasteiger partial charge in [0, 0.05) is 19.3 Å². The number of hydrogen-bond donors (Lipinski definition) is 1. The fourth-order valence-corrected chi connectivity index (χ4v) is 1.96. The van der Waals surface area contributed by atoms with Crippen molar-refractivity contribution in [1.82, 2.24) is 0 Å². The lowest BCUT2D eigenvalue weighted by atomic mass is 9.86. The number of carbonyl (C=O) groups excluding carboxylic acids is 1. The van der Waals surface area contributed by atoms with Crippen molar-refractivity contribution in [2.24, 2.45) is 5.73 Å². The average Bonchev–Trinajstić information content (AvgIpc) is 2.24. The highest BCUT2D eigenvalue weighted by Crippen LogP contribution is 2.26. The first-order valence-electron chi connectivity index (χ1n) is 5.48. The van der Waals surface area contributed by atoms with Gasteiger partial charge in [-0.3, -0.25) is 0 Å². The molecule has 1 rings (SSSR count). The minimum Gasteiger partial charge on any atom is -0.373 e. The van der Waals surface area contributed by atoms with Crippen LogP contribution in [0.3, 0.4) is 0 Å². The minimum absolute atomic E-state index is 0.113. The molecular formula is C11H19NO3. The molecule has 1 saturated carbocycles. The van der Waals surface area contributed by atoms with Crippen molar-refractivity contribution in [3.8, 4) is 0 Å². The molecule has 4 heteroatoms. The van der Waals surface area contributed by atoms with Crippen LogP contribution in [0.4, 0.5) is 0 Å². The van der Waals surface area contributed by atoms with Crippen molar-refractivity contribution < 1.29 is 14.3 Å². The number of ether oxygens (including phenoxy) is 2. The quantitative estimate of drug-likeness (QED) is 0.697. The summed E-state index contributed by atoms with van der Waals surface area (Å²) in [6.07, 6.45) is 1.12. The second-order valence-electron chi connectivity index (χ2n) is 3.62. The summed E-state index contributed by atoms with van der Waals surface area (Å²) < 4.78 is 10.9. The standard InChI is InChI=1S/C11H19NO3/c1-3-14-10-6-5-9(12)11(15-4-2)8(10)7-13/h9-11H,3-6,12H2,1-2H3. The molecule has 0 aromatic carbocycles. The molecule has 0 radical (unpaired) electrons. The van der Waals surface area contributed by atoms with Crippen LogP contribution in [-0.2, 0) is 14.3 Å². The Bertz CT molecular complexity index is 248. The molecule has 0 aliphatic heterocycles. The molecule has 4 nitrogen and oxygen atoms in total. The van der Waals surface area contributed by atoms with Gasteiger partial charge in [0.1, 0.15) is 12.0 Å². The summed E-state index contributed by atoms with van der Waals surface area (Å²) in [6.45, 7) is 4.93. The summed E-state index contributed by atoms with van der Waals surface area (Å²) in [6, 6.07) is -0.113. The SMILES string of the molecule is CCOC1CCC(N)C(OCC)C1=C=O. The molecule has 86 valence electrons. The Morgan fingerprint density at radius 2 is 2.00 bits per heavy atom. The second-order valence-corrected chi connectivity index (χ2v) is 3.62. The van der Waals surface area contributed by atoms with Gasteiger partial charge in [0.05, 0.1) is 11.7 Å². The molecule has 3 unspecified atom stereocenters. The Labute approximate surface area is 90.4 Å². The Balaban J connectivity index is 2.77. The van der Waals surface area contributed by atoms with Gasteiger partial charge in [-0.25, -0.2) is 4.79 Å². The summed E-state index contributed by atoms with van der Waals surface area (Å²) >= 11 is 0. The molecule has 1 aliphatic carbocycles. The highest BCUT2D eigenvalue weighted by molar-refractivity contribution is 5.57. The molecular weight excluding hydrogens is 194 g/mol. The third kappa shape index (κ3) is 2.89. The maximum Gasteiger partial charge on any atom is 0.129 e. The lowest BCUT2D eigenvalue weighted by molar-refractivity contribution is 0.000677. The summed E-state index contributed by atoms with van der Waals surface area (Å²) in [5.74, 6) is 1.94. The van der Waals surface area contributed by atoms with Gasteiger partial charge < -0.3 is 15.2 Å². The van der Waals surface area contributed by atoms with Crippen molar-refractivity contribution >= 4 is 5.94 Å². The summed E-state index contributed by atoms with van der Waals surface area (Å²) in [5, 5.41) is 0.